The van der Waals surface area contributed by atoms with E-state index in [4.69, 9.17) is 4.42 Å². The molecule has 1 aliphatic heterocycles. The number of aromatic nitrogens is 1. The van der Waals surface area contributed by atoms with E-state index in [0.717, 1.165) is 11.0 Å². The molecule has 3 N–H and O–H groups in total. The lowest BCUT2D eigenvalue weighted by molar-refractivity contribution is -0.123. The minimum absolute atomic E-state index is 0.0583. The molecule has 1 spiro atoms. The number of nitrogens with one attached hydrogen (secondary N) is 3. The van der Waals surface area contributed by atoms with E-state index >= 15 is 0 Å². The average Bonchev–Trinajstić information content (AvgIpc) is 3.43. The Kier molecular flexibility index (Phi) is 4.79. The van der Waals surface area contributed by atoms with Gasteiger partial charge in [-0.15, -0.1) is 0 Å². The Bertz CT molecular complexity index is 1320. The molecular weight excluding hydrogens is 432 g/mol. The quantitative estimate of drug-likeness (QED) is 0.508. The Morgan fingerprint density at radius 3 is 2.78 bits per heavy atom. The second-order valence-corrected chi connectivity index (χ2v) is 10.2. The molecule has 1 saturated heterocycles. The van der Waals surface area contributed by atoms with Crippen LogP contribution in [0.1, 0.15) is 24.8 Å². The van der Waals surface area contributed by atoms with E-state index in [9.17, 15) is 18.0 Å². The highest BCUT2D eigenvalue weighted by molar-refractivity contribution is 7.89. The van der Waals surface area contributed by atoms with Crippen LogP contribution >= 0.6 is 0 Å². The Morgan fingerprint density at radius 2 is 2.06 bits per heavy atom. The lowest BCUT2D eigenvalue weighted by atomic mass is 9.96. The Morgan fingerprint density at radius 1 is 1.25 bits per heavy atom. The normalized spacial score (nSPS) is 23.1. The van der Waals surface area contributed by atoms with Crippen molar-refractivity contribution in [1.82, 2.24) is 20.3 Å². The van der Waals surface area contributed by atoms with Crippen LogP contribution in [-0.2, 0) is 14.8 Å². The molecule has 0 bridgehead atoms. The van der Waals surface area contributed by atoms with Crippen LogP contribution in [0.4, 0.5) is 4.79 Å². The van der Waals surface area contributed by atoms with Crippen molar-refractivity contribution in [2.24, 2.45) is 5.92 Å². The van der Waals surface area contributed by atoms with Crippen molar-refractivity contribution < 1.29 is 22.4 Å². The summed E-state index contributed by atoms with van der Waals surface area (Å²) in [6, 6.07) is 10.7. The third-order valence-electron chi connectivity index (χ3n) is 6.22. The van der Waals surface area contributed by atoms with Gasteiger partial charge >= 0.3 is 6.03 Å². The molecule has 9 nitrogen and oxygen atoms in total. The third kappa shape index (κ3) is 3.55. The number of urea groups is 1. The van der Waals surface area contributed by atoms with Gasteiger partial charge in [0.1, 0.15) is 21.7 Å². The highest BCUT2D eigenvalue weighted by Gasteiger charge is 2.50. The number of rotatable bonds is 5. The summed E-state index contributed by atoms with van der Waals surface area (Å²) in [4.78, 5) is 28.0. The maximum absolute atomic E-state index is 12.9. The van der Waals surface area contributed by atoms with Crippen LogP contribution in [0.2, 0.25) is 0 Å². The predicted octanol–water partition coefficient (Wildman–Crippen LogP) is 2.46. The first-order valence-electron chi connectivity index (χ1n) is 10.3. The molecule has 3 amide bonds. The number of para-hydroxylation sites is 1. The molecule has 2 atom stereocenters. The average molecular weight is 455 g/mol. The number of nitrogens with zero attached hydrogens (tertiary/aromatic N) is 1. The lowest BCUT2D eigenvalue weighted by Gasteiger charge is -2.19. The first-order chi connectivity index (χ1) is 15.3. The fourth-order valence-electron chi connectivity index (χ4n) is 4.54. The van der Waals surface area contributed by atoms with Crippen LogP contribution in [0.5, 0.6) is 0 Å². The van der Waals surface area contributed by atoms with E-state index in [0.29, 0.717) is 36.3 Å². The van der Waals surface area contributed by atoms with Crippen LogP contribution in [0.15, 0.2) is 51.9 Å². The SMILES string of the molecule is Cc1cc(-c2cc3ccccc3o2)ncc1S(=O)(=O)NCC1CCC2(C1)NC(=O)NC2=O. The highest BCUT2D eigenvalue weighted by atomic mass is 32.2. The van der Waals surface area contributed by atoms with Gasteiger partial charge < -0.3 is 9.73 Å². The van der Waals surface area contributed by atoms with Crippen molar-refractivity contribution in [3.05, 3.63) is 48.2 Å². The number of pyridine rings is 1. The van der Waals surface area contributed by atoms with E-state index in [1.807, 2.05) is 30.3 Å². The zero-order chi connectivity index (χ0) is 22.5. The molecule has 32 heavy (non-hydrogen) atoms. The van der Waals surface area contributed by atoms with Crippen molar-refractivity contribution in [1.29, 1.82) is 0 Å². The number of hydrogen-bond donors (Lipinski definition) is 3. The van der Waals surface area contributed by atoms with Crippen LogP contribution < -0.4 is 15.4 Å². The van der Waals surface area contributed by atoms with Crippen LogP contribution in [0.25, 0.3) is 22.4 Å². The van der Waals surface area contributed by atoms with Crippen molar-refractivity contribution in [2.45, 2.75) is 36.6 Å². The molecule has 1 aliphatic carbocycles. The summed E-state index contributed by atoms with van der Waals surface area (Å²) in [5, 5.41) is 5.89. The summed E-state index contributed by atoms with van der Waals surface area (Å²) < 4.78 is 34.3. The van der Waals surface area contributed by atoms with Gasteiger partial charge in [0.25, 0.3) is 5.91 Å². The first kappa shape index (κ1) is 20.7. The zero-order valence-electron chi connectivity index (χ0n) is 17.3. The van der Waals surface area contributed by atoms with E-state index in [1.54, 1.807) is 13.0 Å². The largest absolute Gasteiger partial charge is 0.454 e. The monoisotopic (exact) mass is 454 g/mol. The molecule has 3 heterocycles. The second-order valence-electron chi connectivity index (χ2n) is 8.43. The number of furan rings is 1. The van der Waals surface area contributed by atoms with E-state index in [1.165, 1.54) is 6.20 Å². The van der Waals surface area contributed by atoms with Gasteiger partial charge in [0.15, 0.2) is 5.76 Å². The predicted molar refractivity (Wildman–Crippen MR) is 116 cm³/mol. The van der Waals surface area contributed by atoms with Crippen molar-refractivity contribution >= 4 is 32.9 Å². The first-order valence-corrected chi connectivity index (χ1v) is 11.8. The number of fused-ring (bicyclic) bond motifs is 1. The number of imide groups is 1. The lowest BCUT2D eigenvalue weighted by Crippen LogP contribution is -2.44. The number of carbonyl (C=O) groups excluding carboxylic acids is 2. The summed E-state index contributed by atoms with van der Waals surface area (Å²) in [5.41, 5.74) is 0.923. The molecule has 166 valence electrons. The molecular formula is C22H22N4O5S. The standard InChI is InChI=1S/C22H22N4O5S/c1-13-8-16(18-9-15-4-2-3-5-17(15)31-18)23-12-19(13)32(29,30)24-11-14-6-7-22(10-14)20(27)25-21(28)26-22/h2-5,8-9,12,14,24H,6-7,10-11H2,1H3,(H2,25,26,27,28). The number of hydrogen-bond acceptors (Lipinski definition) is 6. The van der Waals surface area contributed by atoms with Gasteiger partial charge in [-0.25, -0.2) is 17.9 Å². The molecule has 2 aliphatic rings. The molecule has 1 aromatic carbocycles. The minimum atomic E-state index is -3.79. The maximum Gasteiger partial charge on any atom is 0.322 e. The Hall–Kier alpha value is -3.24. The Labute approximate surface area is 184 Å². The number of carbonyl (C=O) groups is 2. The van der Waals surface area contributed by atoms with Crippen LogP contribution in [-0.4, -0.2) is 37.4 Å². The van der Waals surface area contributed by atoms with Crippen molar-refractivity contribution in [3.63, 3.8) is 0 Å². The minimum Gasteiger partial charge on any atom is -0.454 e. The molecule has 0 radical (unpaired) electrons. The Balaban J connectivity index is 1.30. The summed E-state index contributed by atoms with van der Waals surface area (Å²) >= 11 is 0. The van der Waals surface area contributed by atoms with Crippen LogP contribution in [0.3, 0.4) is 0 Å². The van der Waals surface area contributed by atoms with E-state index < -0.39 is 21.6 Å². The topological polar surface area (TPSA) is 130 Å². The van der Waals surface area contributed by atoms with Gasteiger partial charge in [-0.1, -0.05) is 18.2 Å². The maximum atomic E-state index is 12.9. The molecule has 2 aromatic heterocycles. The third-order valence-corrected chi connectivity index (χ3v) is 7.78. The van der Waals surface area contributed by atoms with Gasteiger partial charge in [-0.05, 0) is 55.9 Å². The van der Waals surface area contributed by atoms with Gasteiger partial charge in [-0.3, -0.25) is 15.1 Å². The fraction of sp³-hybridized carbons (Fsp3) is 0.318. The summed E-state index contributed by atoms with van der Waals surface area (Å²) in [6.07, 6.45) is 2.86. The summed E-state index contributed by atoms with van der Waals surface area (Å²) in [6.45, 7) is 1.89. The van der Waals surface area contributed by atoms with Gasteiger partial charge in [-0.2, -0.15) is 0 Å². The fourth-order valence-corrected chi connectivity index (χ4v) is 5.83. The number of sulfonamides is 1. The number of aryl methyl sites for hydroxylation is 1. The summed E-state index contributed by atoms with van der Waals surface area (Å²) in [5.74, 6) is 0.172. The molecule has 10 heteroatoms. The van der Waals surface area contributed by atoms with Crippen molar-refractivity contribution in [2.75, 3.05) is 6.54 Å². The molecule has 5 rings (SSSR count). The molecule has 3 aromatic rings. The highest BCUT2D eigenvalue weighted by Crippen LogP contribution is 2.36. The van der Waals surface area contributed by atoms with Gasteiger partial charge in [0.05, 0.1) is 0 Å². The second kappa shape index (κ2) is 7.42. The zero-order valence-corrected chi connectivity index (χ0v) is 18.2. The van der Waals surface area contributed by atoms with Gasteiger partial charge in [0.2, 0.25) is 10.0 Å². The van der Waals surface area contributed by atoms with Crippen LogP contribution in [0, 0.1) is 12.8 Å². The van der Waals surface area contributed by atoms with E-state index in [-0.39, 0.29) is 23.3 Å². The van der Waals surface area contributed by atoms with Gasteiger partial charge in [0, 0.05) is 18.1 Å². The molecule has 2 fully saturated rings. The number of benzene rings is 1. The summed E-state index contributed by atoms with van der Waals surface area (Å²) in [7, 11) is -3.79. The van der Waals surface area contributed by atoms with E-state index in [2.05, 4.69) is 20.3 Å². The smallest absolute Gasteiger partial charge is 0.322 e. The molecule has 1 saturated carbocycles. The number of amides is 3. The van der Waals surface area contributed by atoms with Crippen molar-refractivity contribution in [3.8, 4) is 11.5 Å². The molecule has 2 unspecified atom stereocenters.